The van der Waals surface area contributed by atoms with E-state index in [2.05, 4.69) is 5.32 Å². The summed E-state index contributed by atoms with van der Waals surface area (Å²) in [7, 11) is 1.50. The molecule has 1 fully saturated rings. The highest BCUT2D eigenvalue weighted by Gasteiger charge is 2.25. The number of aliphatic hydroxyl groups excluding tert-OH is 1. The molecule has 0 bridgehead atoms. The van der Waals surface area contributed by atoms with Gasteiger partial charge in [0.2, 0.25) is 0 Å². The molecule has 0 aliphatic heterocycles. The van der Waals surface area contributed by atoms with Crippen molar-refractivity contribution >= 4 is 17.5 Å². The average Bonchev–Trinajstić information content (AvgIpc) is 2.41. The van der Waals surface area contributed by atoms with Crippen LogP contribution in [0.3, 0.4) is 0 Å². The summed E-state index contributed by atoms with van der Waals surface area (Å²) in [5.41, 5.74) is 0.435. The van der Waals surface area contributed by atoms with Crippen molar-refractivity contribution in [3.05, 3.63) is 28.8 Å². The zero-order chi connectivity index (χ0) is 13.8. The summed E-state index contributed by atoms with van der Waals surface area (Å²) >= 11 is 5.86. The molecule has 0 saturated heterocycles. The predicted molar refractivity (Wildman–Crippen MR) is 73.7 cm³/mol. The lowest BCUT2D eigenvalue weighted by molar-refractivity contribution is 0.0715. The van der Waals surface area contributed by atoms with Crippen LogP contribution in [0.4, 0.5) is 0 Å². The molecule has 104 valence electrons. The van der Waals surface area contributed by atoms with E-state index >= 15 is 0 Å². The average molecular weight is 284 g/mol. The molecule has 1 saturated carbocycles. The van der Waals surface area contributed by atoms with E-state index in [1.807, 2.05) is 0 Å². The summed E-state index contributed by atoms with van der Waals surface area (Å²) in [6.07, 6.45) is 3.12. The number of halogens is 1. The van der Waals surface area contributed by atoms with Crippen LogP contribution in [0.5, 0.6) is 5.75 Å². The topological polar surface area (TPSA) is 58.6 Å². The van der Waals surface area contributed by atoms with Gasteiger partial charge in [-0.05, 0) is 31.0 Å². The summed E-state index contributed by atoms with van der Waals surface area (Å²) in [6, 6.07) is 4.71. The van der Waals surface area contributed by atoms with Crippen molar-refractivity contribution in [3.8, 4) is 5.75 Å². The zero-order valence-electron chi connectivity index (χ0n) is 10.9. The monoisotopic (exact) mass is 283 g/mol. The van der Waals surface area contributed by atoms with Crippen molar-refractivity contribution in [2.24, 2.45) is 0 Å². The second-order valence-corrected chi connectivity index (χ2v) is 5.21. The van der Waals surface area contributed by atoms with Crippen LogP contribution in [0.2, 0.25) is 5.02 Å². The molecule has 0 unspecified atom stereocenters. The highest BCUT2D eigenvalue weighted by Crippen LogP contribution is 2.24. The zero-order valence-corrected chi connectivity index (χ0v) is 11.6. The van der Waals surface area contributed by atoms with Crippen LogP contribution in [0.1, 0.15) is 36.0 Å². The molecule has 4 nitrogen and oxygen atoms in total. The number of methoxy groups -OCH3 is 1. The third-order valence-corrected chi connectivity index (χ3v) is 3.69. The minimum Gasteiger partial charge on any atom is -0.496 e. The van der Waals surface area contributed by atoms with Crippen LogP contribution in [0.15, 0.2) is 18.2 Å². The molecule has 1 aromatic carbocycles. The molecule has 2 rings (SSSR count). The second-order valence-electron chi connectivity index (χ2n) is 4.78. The smallest absolute Gasteiger partial charge is 0.255 e. The lowest BCUT2D eigenvalue weighted by Gasteiger charge is -2.28. The fourth-order valence-corrected chi connectivity index (χ4v) is 2.54. The van der Waals surface area contributed by atoms with Crippen molar-refractivity contribution in [3.63, 3.8) is 0 Å². The maximum Gasteiger partial charge on any atom is 0.255 e. The van der Waals surface area contributed by atoms with Crippen molar-refractivity contribution in [1.29, 1.82) is 0 Å². The molecule has 5 heteroatoms. The van der Waals surface area contributed by atoms with Gasteiger partial charge in [0, 0.05) is 5.02 Å². The fraction of sp³-hybridized carbons (Fsp3) is 0.500. The molecule has 0 heterocycles. The quantitative estimate of drug-likeness (QED) is 0.895. The van der Waals surface area contributed by atoms with Gasteiger partial charge in [-0.25, -0.2) is 0 Å². The summed E-state index contributed by atoms with van der Waals surface area (Å²) in [6.45, 7) is 0. The Labute approximate surface area is 117 Å². The van der Waals surface area contributed by atoms with Crippen LogP contribution in [-0.2, 0) is 0 Å². The number of aliphatic hydroxyl groups is 1. The number of rotatable bonds is 3. The minimum absolute atomic E-state index is 0.179. The van der Waals surface area contributed by atoms with Gasteiger partial charge in [-0.3, -0.25) is 4.79 Å². The lowest BCUT2D eigenvalue weighted by Crippen LogP contribution is -2.45. The number of nitrogens with one attached hydrogen (secondary N) is 1. The molecular formula is C14H18ClNO3. The first-order valence-corrected chi connectivity index (χ1v) is 6.82. The van der Waals surface area contributed by atoms with E-state index in [1.165, 1.54) is 7.11 Å². The minimum atomic E-state index is -0.462. The number of hydrogen-bond donors (Lipinski definition) is 2. The van der Waals surface area contributed by atoms with Crippen LogP contribution in [0.25, 0.3) is 0 Å². The highest BCUT2D eigenvalue weighted by molar-refractivity contribution is 6.30. The molecule has 2 atom stereocenters. The summed E-state index contributed by atoms with van der Waals surface area (Å²) < 4.78 is 5.16. The van der Waals surface area contributed by atoms with Gasteiger partial charge in [-0.15, -0.1) is 0 Å². The first-order valence-electron chi connectivity index (χ1n) is 6.44. The van der Waals surface area contributed by atoms with Crippen molar-refractivity contribution in [2.45, 2.75) is 37.8 Å². The van der Waals surface area contributed by atoms with E-state index < -0.39 is 6.10 Å². The van der Waals surface area contributed by atoms with E-state index in [-0.39, 0.29) is 11.9 Å². The SMILES string of the molecule is COc1cc(Cl)ccc1C(=O)N[C@@H]1CCCC[C@H]1O. The molecular weight excluding hydrogens is 266 g/mol. The Hall–Kier alpha value is -1.26. The Balaban J connectivity index is 2.11. The maximum atomic E-state index is 12.2. The molecule has 1 amide bonds. The lowest BCUT2D eigenvalue weighted by atomic mass is 9.92. The van der Waals surface area contributed by atoms with Crippen molar-refractivity contribution in [2.75, 3.05) is 7.11 Å². The molecule has 0 radical (unpaired) electrons. The molecule has 0 spiro atoms. The number of benzene rings is 1. The van der Waals surface area contributed by atoms with Gasteiger partial charge in [0.05, 0.1) is 24.8 Å². The number of hydrogen-bond acceptors (Lipinski definition) is 3. The van der Waals surface area contributed by atoms with Gasteiger partial charge in [-0.1, -0.05) is 24.4 Å². The van der Waals surface area contributed by atoms with Crippen molar-refractivity contribution in [1.82, 2.24) is 5.32 Å². The highest BCUT2D eigenvalue weighted by atomic mass is 35.5. The van der Waals surface area contributed by atoms with E-state index in [1.54, 1.807) is 18.2 Å². The Morgan fingerprint density at radius 3 is 2.84 bits per heavy atom. The molecule has 1 aliphatic carbocycles. The summed E-state index contributed by atoms with van der Waals surface area (Å²) in [5.74, 6) is 0.203. The molecule has 1 aromatic rings. The van der Waals surface area contributed by atoms with Crippen LogP contribution in [0, 0.1) is 0 Å². The molecule has 1 aliphatic rings. The molecule has 0 aromatic heterocycles. The van der Waals surface area contributed by atoms with Gasteiger partial charge in [-0.2, -0.15) is 0 Å². The Kier molecular flexibility index (Phi) is 4.66. The third-order valence-electron chi connectivity index (χ3n) is 3.45. The van der Waals surface area contributed by atoms with Gasteiger partial charge in [0.15, 0.2) is 0 Å². The second kappa shape index (κ2) is 6.26. The maximum absolute atomic E-state index is 12.2. The van der Waals surface area contributed by atoms with E-state index in [9.17, 15) is 9.90 Å². The van der Waals surface area contributed by atoms with Crippen LogP contribution in [-0.4, -0.2) is 30.3 Å². The number of amides is 1. The third kappa shape index (κ3) is 3.39. The normalized spacial score (nSPS) is 22.9. The number of ether oxygens (including phenoxy) is 1. The number of carbonyl (C=O) groups is 1. The van der Waals surface area contributed by atoms with E-state index in [0.29, 0.717) is 16.3 Å². The Bertz CT molecular complexity index is 464. The first-order chi connectivity index (χ1) is 9.11. The fourth-order valence-electron chi connectivity index (χ4n) is 2.38. The molecule has 19 heavy (non-hydrogen) atoms. The first kappa shape index (κ1) is 14.2. The standard InChI is InChI=1S/C14H18ClNO3/c1-19-13-8-9(15)6-7-10(13)14(18)16-11-4-2-3-5-12(11)17/h6-8,11-12,17H,2-5H2,1H3,(H,16,18)/t11-,12-/m1/s1. The van der Waals surface area contributed by atoms with Gasteiger partial charge in [0.25, 0.3) is 5.91 Å². The number of carbonyl (C=O) groups excluding carboxylic acids is 1. The Morgan fingerprint density at radius 1 is 1.42 bits per heavy atom. The van der Waals surface area contributed by atoms with Gasteiger partial charge >= 0.3 is 0 Å². The van der Waals surface area contributed by atoms with Gasteiger partial charge < -0.3 is 15.2 Å². The van der Waals surface area contributed by atoms with Crippen LogP contribution < -0.4 is 10.1 Å². The van der Waals surface area contributed by atoms with E-state index in [0.717, 1.165) is 25.7 Å². The largest absolute Gasteiger partial charge is 0.496 e. The molecule has 2 N–H and O–H groups in total. The van der Waals surface area contributed by atoms with Gasteiger partial charge in [0.1, 0.15) is 5.75 Å². The Morgan fingerprint density at radius 2 is 2.16 bits per heavy atom. The van der Waals surface area contributed by atoms with Crippen molar-refractivity contribution < 1.29 is 14.6 Å². The summed E-state index contributed by atoms with van der Waals surface area (Å²) in [5, 5.41) is 13.3. The predicted octanol–water partition coefficient (Wildman–Crippen LogP) is 2.38. The van der Waals surface area contributed by atoms with Crippen LogP contribution >= 0.6 is 11.6 Å². The summed E-state index contributed by atoms with van der Waals surface area (Å²) in [4.78, 5) is 12.2. The van der Waals surface area contributed by atoms with E-state index in [4.69, 9.17) is 16.3 Å².